The van der Waals surface area contributed by atoms with E-state index in [1.54, 1.807) is 12.3 Å². The Bertz CT molecular complexity index is 681. The first-order valence-corrected chi connectivity index (χ1v) is 7.52. The van der Waals surface area contributed by atoms with Crippen molar-refractivity contribution < 1.29 is 9.53 Å². The van der Waals surface area contributed by atoms with Gasteiger partial charge in [-0.1, -0.05) is 20.8 Å². The van der Waals surface area contributed by atoms with Gasteiger partial charge in [-0.3, -0.25) is 9.89 Å². The van der Waals surface area contributed by atoms with Gasteiger partial charge in [0.15, 0.2) is 5.69 Å². The fourth-order valence-electron chi connectivity index (χ4n) is 1.86. The van der Waals surface area contributed by atoms with Crippen LogP contribution in [0.15, 0.2) is 35.4 Å². The SMILES string of the molecule is CCOc1ccc(/C=N\NC(=O)c2cc(C(C)(C)C)[nH]n2)cc1. The Hall–Kier alpha value is -2.63. The second-order valence-electron chi connectivity index (χ2n) is 6.12. The van der Waals surface area contributed by atoms with Crippen molar-refractivity contribution in [3.8, 4) is 5.75 Å². The summed E-state index contributed by atoms with van der Waals surface area (Å²) in [6.07, 6.45) is 1.57. The van der Waals surface area contributed by atoms with E-state index < -0.39 is 0 Å². The second kappa shape index (κ2) is 7.09. The number of aromatic nitrogens is 2. The average Bonchev–Trinajstić information content (AvgIpc) is 2.99. The number of nitrogens with one attached hydrogen (secondary N) is 2. The molecule has 1 aromatic carbocycles. The maximum Gasteiger partial charge on any atom is 0.291 e. The van der Waals surface area contributed by atoms with Crippen LogP contribution in [0.25, 0.3) is 0 Å². The summed E-state index contributed by atoms with van der Waals surface area (Å²) < 4.78 is 5.37. The van der Waals surface area contributed by atoms with Crippen molar-refractivity contribution in [2.45, 2.75) is 33.1 Å². The van der Waals surface area contributed by atoms with Gasteiger partial charge in [-0.2, -0.15) is 10.2 Å². The molecule has 6 heteroatoms. The van der Waals surface area contributed by atoms with Gasteiger partial charge in [-0.05, 0) is 42.8 Å². The molecule has 1 heterocycles. The van der Waals surface area contributed by atoms with Gasteiger partial charge in [0.05, 0.1) is 12.8 Å². The van der Waals surface area contributed by atoms with Crippen molar-refractivity contribution in [2.24, 2.45) is 5.10 Å². The maximum absolute atomic E-state index is 12.0. The summed E-state index contributed by atoms with van der Waals surface area (Å²) in [5.74, 6) is 0.457. The van der Waals surface area contributed by atoms with E-state index >= 15 is 0 Å². The summed E-state index contributed by atoms with van der Waals surface area (Å²) in [5, 5.41) is 10.8. The van der Waals surface area contributed by atoms with Crippen LogP contribution in [0.4, 0.5) is 0 Å². The summed E-state index contributed by atoms with van der Waals surface area (Å²) in [6, 6.07) is 9.19. The van der Waals surface area contributed by atoms with Crippen LogP contribution in [0, 0.1) is 0 Å². The second-order valence-corrected chi connectivity index (χ2v) is 6.12. The number of rotatable bonds is 5. The van der Waals surface area contributed by atoms with Crippen LogP contribution in [0.1, 0.15) is 49.4 Å². The average molecular weight is 314 g/mol. The first-order valence-electron chi connectivity index (χ1n) is 7.52. The number of hydrazone groups is 1. The van der Waals surface area contributed by atoms with Crippen molar-refractivity contribution >= 4 is 12.1 Å². The molecule has 0 aliphatic rings. The van der Waals surface area contributed by atoms with Gasteiger partial charge in [0.2, 0.25) is 0 Å². The number of nitrogens with zero attached hydrogens (tertiary/aromatic N) is 2. The molecule has 2 N–H and O–H groups in total. The Balaban J connectivity index is 1.94. The highest BCUT2D eigenvalue weighted by Crippen LogP contribution is 2.20. The first-order chi connectivity index (χ1) is 10.9. The van der Waals surface area contributed by atoms with Gasteiger partial charge >= 0.3 is 0 Å². The molecule has 0 bridgehead atoms. The smallest absolute Gasteiger partial charge is 0.291 e. The van der Waals surface area contributed by atoms with Gasteiger partial charge in [0.1, 0.15) is 5.75 Å². The van der Waals surface area contributed by atoms with Crippen LogP contribution >= 0.6 is 0 Å². The fraction of sp³-hybridized carbons (Fsp3) is 0.353. The lowest BCUT2D eigenvalue weighted by Crippen LogP contribution is -2.18. The topological polar surface area (TPSA) is 79.4 Å². The van der Waals surface area contributed by atoms with Gasteiger partial charge < -0.3 is 4.74 Å². The van der Waals surface area contributed by atoms with E-state index in [4.69, 9.17) is 4.74 Å². The normalized spacial score (nSPS) is 11.7. The Morgan fingerprint density at radius 2 is 2.04 bits per heavy atom. The highest BCUT2D eigenvalue weighted by Gasteiger charge is 2.19. The zero-order chi connectivity index (χ0) is 16.9. The third-order valence-corrected chi connectivity index (χ3v) is 3.19. The van der Waals surface area contributed by atoms with Crippen LogP contribution in [0.2, 0.25) is 0 Å². The fourth-order valence-corrected chi connectivity index (χ4v) is 1.86. The summed E-state index contributed by atoms with van der Waals surface area (Å²) in [5.41, 5.74) is 4.47. The van der Waals surface area contributed by atoms with Crippen LogP contribution in [-0.2, 0) is 5.41 Å². The van der Waals surface area contributed by atoms with E-state index in [9.17, 15) is 4.79 Å². The molecule has 0 atom stereocenters. The number of H-pyrrole nitrogens is 1. The third-order valence-electron chi connectivity index (χ3n) is 3.19. The number of hydrogen-bond donors (Lipinski definition) is 2. The first kappa shape index (κ1) is 16.7. The number of aromatic amines is 1. The molecule has 6 nitrogen and oxygen atoms in total. The van der Waals surface area contributed by atoms with Crippen LogP contribution in [-0.4, -0.2) is 28.9 Å². The van der Waals surface area contributed by atoms with E-state index in [0.29, 0.717) is 12.3 Å². The molecule has 1 amide bonds. The van der Waals surface area contributed by atoms with Crippen molar-refractivity contribution in [1.29, 1.82) is 0 Å². The minimum atomic E-state index is -0.348. The standard InChI is InChI=1S/C17H22N4O2/c1-5-23-13-8-6-12(7-9-13)11-18-21-16(22)14-10-15(20-19-14)17(2,3)4/h6-11H,5H2,1-4H3,(H,19,20)(H,21,22)/b18-11-. The molecule has 0 fully saturated rings. The Morgan fingerprint density at radius 1 is 1.35 bits per heavy atom. The van der Waals surface area contributed by atoms with Crippen molar-refractivity contribution in [1.82, 2.24) is 15.6 Å². The zero-order valence-electron chi connectivity index (χ0n) is 13.9. The van der Waals surface area contributed by atoms with Gasteiger partial charge in [-0.15, -0.1) is 0 Å². The number of hydrogen-bond acceptors (Lipinski definition) is 4. The van der Waals surface area contributed by atoms with Gasteiger partial charge in [0, 0.05) is 11.1 Å². The van der Waals surface area contributed by atoms with E-state index in [-0.39, 0.29) is 11.3 Å². The Kier molecular flexibility index (Phi) is 5.16. The van der Waals surface area contributed by atoms with E-state index in [1.807, 2.05) is 52.0 Å². The van der Waals surface area contributed by atoms with Crippen LogP contribution < -0.4 is 10.2 Å². The molecule has 1 aromatic heterocycles. The van der Waals surface area contributed by atoms with E-state index in [2.05, 4.69) is 20.7 Å². The molecule has 0 unspecified atom stereocenters. The van der Waals surface area contributed by atoms with Gasteiger partial charge in [0.25, 0.3) is 5.91 Å². The number of carbonyl (C=O) groups excluding carboxylic acids is 1. The van der Waals surface area contributed by atoms with Crippen molar-refractivity contribution in [3.63, 3.8) is 0 Å². The molecule has 0 saturated heterocycles. The lowest BCUT2D eigenvalue weighted by molar-refractivity contribution is 0.0950. The molecule has 2 aromatic rings. The number of amides is 1. The van der Waals surface area contributed by atoms with Crippen LogP contribution in [0.5, 0.6) is 5.75 Å². The quantitative estimate of drug-likeness (QED) is 0.658. The number of carbonyl (C=O) groups is 1. The number of ether oxygens (including phenoxy) is 1. The zero-order valence-corrected chi connectivity index (χ0v) is 13.9. The molecule has 0 aliphatic carbocycles. The molecule has 0 radical (unpaired) electrons. The van der Waals surface area contributed by atoms with Crippen LogP contribution in [0.3, 0.4) is 0 Å². The molecular formula is C17H22N4O2. The molecule has 122 valence electrons. The largest absolute Gasteiger partial charge is 0.494 e. The molecule has 0 spiro atoms. The molecule has 2 rings (SSSR count). The highest BCUT2D eigenvalue weighted by molar-refractivity contribution is 5.93. The van der Waals surface area contributed by atoms with Crippen molar-refractivity contribution in [2.75, 3.05) is 6.61 Å². The van der Waals surface area contributed by atoms with Crippen molar-refractivity contribution in [3.05, 3.63) is 47.3 Å². The Labute approximate surface area is 135 Å². The summed E-state index contributed by atoms with van der Waals surface area (Å²) in [6.45, 7) is 8.71. The molecular weight excluding hydrogens is 292 g/mol. The minimum absolute atomic E-state index is 0.0862. The Morgan fingerprint density at radius 3 is 2.61 bits per heavy atom. The van der Waals surface area contributed by atoms with E-state index in [0.717, 1.165) is 17.0 Å². The predicted octanol–water partition coefficient (Wildman–Crippen LogP) is 2.87. The van der Waals surface area contributed by atoms with E-state index in [1.165, 1.54) is 0 Å². The molecule has 0 saturated carbocycles. The highest BCUT2D eigenvalue weighted by atomic mass is 16.5. The predicted molar refractivity (Wildman–Crippen MR) is 90.0 cm³/mol. The number of benzene rings is 1. The lowest BCUT2D eigenvalue weighted by Gasteiger charge is -2.14. The maximum atomic E-state index is 12.0. The third kappa shape index (κ3) is 4.67. The molecule has 23 heavy (non-hydrogen) atoms. The summed E-state index contributed by atoms with van der Waals surface area (Å²) in [7, 11) is 0. The minimum Gasteiger partial charge on any atom is -0.494 e. The summed E-state index contributed by atoms with van der Waals surface area (Å²) >= 11 is 0. The lowest BCUT2D eigenvalue weighted by atomic mass is 9.92. The monoisotopic (exact) mass is 314 g/mol. The molecule has 0 aliphatic heterocycles. The summed E-state index contributed by atoms with van der Waals surface area (Å²) in [4.78, 5) is 12.0. The van der Waals surface area contributed by atoms with Gasteiger partial charge in [-0.25, -0.2) is 5.43 Å².